The number of Topliss-reactive ketones (excluding diaryl/α,β-unsaturated/α-hetero) is 1. The predicted octanol–water partition coefficient (Wildman–Crippen LogP) is 7.54. The fraction of sp³-hybridized carbons (Fsp3) is 0.567. The first-order valence-electron chi connectivity index (χ1n) is 13.6. The van der Waals surface area contributed by atoms with Crippen molar-refractivity contribution in [1.29, 1.82) is 0 Å². The quantitative estimate of drug-likeness (QED) is 0.146. The van der Waals surface area contributed by atoms with Crippen molar-refractivity contribution in [3.8, 4) is 11.7 Å². The number of methoxy groups -OCH3 is 1. The van der Waals surface area contributed by atoms with Crippen LogP contribution in [0.15, 0.2) is 24.4 Å². The number of nitrogens with one attached hydrogen (secondary N) is 1. The molecule has 0 saturated heterocycles. The van der Waals surface area contributed by atoms with Crippen molar-refractivity contribution in [2.24, 2.45) is 0 Å². The summed E-state index contributed by atoms with van der Waals surface area (Å²) in [5, 5.41) is 0. The van der Waals surface area contributed by atoms with Crippen LogP contribution in [0.2, 0.25) is 0 Å². The fourth-order valence-electron chi connectivity index (χ4n) is 5.59. The van der Waals surface area contributed by atoms with Gasteiger partial charge in [0.15, 0.2) is 11.3 Å². The van der Waals surface area contributed by atoms with Crippen molar-refractivity contribution in [2.75, 3.05) is 12.9 Å². The average molecular weight is 541 g/mol. The monoisotopic (exact) mass is 540 g/mol. The summed E-state index contributed by atoms with van der Waals surface area (Å²) in [6.45, 7) is 12.5. The lowest BCUT2D eigenvalue weighted by atomic mass is 9.80. The number of pyridine rings is 1. The number of H-pyrrole nitrogens is 1. The normalized spacial score (nSPS) is 15.9. The number of ketones is 1. The largest absolute Gasteiger partial charge is 0.496 e. The minimum atomic E-state index is -0.509. The van der Waals surface area contributed by atoms with E-state index in [2.05, 4.69) is 35.5 Å². The lowest BCUT2D eigenvalue weighted by molar-refractivity contribution is -0.610. The van der Waals surface area contributed by atoms with E-state index < -0.39 is 10.8 Å². The summed E-state index contributed by atoms with van der Waals surface area (Å²) in [6, 6.07) is 6.25. The molecule has 37 heavy (non-hydrogen) atoms. The Labute approximate surface area is 230 Å². The molecule has 5 nitrogen and oxygen atoms in total. The van der Waals surface area contributed by atoms with E-state index in [1.165, 1.54) is 50.0 Å². The Morgan fingerprint density at radius 2 is 1.68 bits per heavy atom. The minimum Gasteiger partial charge on any atom is -0.496 e. The Kier molecular flexibility index (Phi) is 8.64. The van der Waals surface area contributed by atoms with E-state index in [4.69, 9.17) is 9.72 Å². The summed E-state index contributed by atoms with van der Waals surface area (Å²) >= 11 is 0. The topological polar surface area (TPSA) is 58.9 Å². The molecule has 0 unspecified atom stereocenters. The molecule has 0 spiro atoms. The maximum atomic E-state index is 13.1. The predicted molar refractivity (Wildman–Crippen MR) is 157 cm³/mol. The number of carbonyl (C=O) groups is 1. The van der Waals surface area contributed by atoms with E-state index in [-0.39, 0.29) is 5.78 Å². The molecule has 0 saturated carbocycles. The Bertz CT molecular complexity index is 1220. The molecule has 200 valence electrons. The Hall–Kier alpha value is -1.99. The van der Waals surface area contributed by atoms with E-state index in [1.807, 2.05) is 61.5 Å². The van der Waals surface area contributed by atoms with Crippen LogP contribution in [0.25, 0.3) is 17.0 Å². The number of rotatable bonds is 12. The Balaban J connectivity index is 1.57. The van der Waals surface area contributed by atoms with Gasteiger partial charge < -0.3 is 4.74 Å². The molecule has 1 aliphatic carbocycles. The number of fused-ring (bicyclic) bond motifs is 2. The zero-order valence-corrected chi connectivity index (χ0v) is 25.1. The second-order valence-corrected chi connectivity index (χ2v) is 13.8. The molecule has 1 aliphatic rings. The molecule has 4 rings (SSSR count). The van der Waals surface area contributed by atoms with Crippen LogP contribution in [-0.4, -0.2) is 28.6 Å². The molecule has 0 atom stereocenters. The van der Waals surface area contributed by atoms with Crippen molar-refractivity contribution in [3.63, 3.8) is 0 Å². The van der Waals surface area contributed by atoms with Gasteiger partial charge in [-0.1, -0.05) is 65.6 Å². The molecule has 0 radical (unpaired) electrons. The van der Waals surface area contributed by atoms with Crippen LogP contribution in [0, 0.1) is 6.92 Å². The number of imidazole rings is 1. The van der Waals surface area contributed by atoms with E-state index in [1.54, 1.807) is 7.11 Å². The molecule has 2 heterocycles. The fourth-order valence-corrected chi connectivity index (χ4v) is 7.88. The van der Waals surface area contributed by atoms with Gasteiger partial charge in [-0.2, -0.15) is 0 Å². The van der Waals surface area contributed by atoms with Crippen molar-refractivity contribution in [1.82, 2.24) is 9.97 Å². The van der Waals surface area contributed by atoms with Gasteiger partial charge in [-0.05, 0) is 64.3 Å². The summed E-state index contributed by atoms with van der Waals surface area (Å²) in [5.74, 6) is 4.00. The van der Waals surface area contributed by atoms with Gasteiger partial charge in [-0.25, -0.2) is 9.55 Å². The first-order chi connectivity index (χ1) is 17.6. The van der Waals surface area contributed by atoms with Crippen LogP contribution in [0.1, 0.15) is 95.5 Å². The molecule has 1 aromatic carbocycles. The SMILES string of the molecule is CCCCCCCCSSCc1c(C)c(OC)cc[n+]1-c1nc2cc3c(cc2[nH]1)C(C)(C)C(=O)C3(C)C. The van der Waals surface area contributed by atoms with Crippen LogP contribution in [-0.2, 0) is 21.4 Å². The van der Waals surface area contributed by atoms with Crippen molar-refractivity contribution < 1.29 is 14.1 Å². The van der Waals surface area contributed by atoms with Gasteiger partial charge in [-0.3, -0.25) is 4.79 Å². The Morgan fingerprint density at radius 3 is 2.38 bits per heavy atom. The summed E-state index contributed by atoms with van der Waals surface area (Å²) in [4.78, 5) is 21.6. The van der Waals surface area contributed by atoms with Gasteiger partial charge in [0.2, 0.25) is 0 Å². The maximum Gasteiger partial charge on any atom is 0.402 e. The third kappa shape index (κ3) is 5.44. The highest BCUT2D eigenvalue weighted by atomic mass is 33.1. The first-order valence-corrected chi connectivity index (χ1v) is 16.0. The summed E-state index contributed by atoms with van der Waals surface area (Å²) in [5.41, 5.74) is 5.35. The zero-order chi connectivity index (χ0) is 26.8. The number of carbonyl (C=O) groups excluding carboxylic acids is 1. The van der Waals surface area contributed by atoms with Crippen molar-refractivity contribution >= 4 is 38.4 Å². The molecule has 0 fully saturated rings. The number of hydrogen-bond donors (Lipinski definition) is 1. The Morgan fingerprint density at radius 1 is 1.00 bits per heavy atom. The number of hydrogen-bond acceptors (Lipinski definition) is 5. The number of aromatic nitrogens is 3. The second kappa shape index (κ2) is 11.4. The first kappa shape index (κ1) is 28.0. The highest BCUT2D eigenvalue weighted by Crippen LogP contribution is 2.47. The number of aromatic amines is 1. The smallest absolute Gasteiger partial charge is 0.402 e. The summed E-state index contributed by atoms with van der Waals surface area (Å²) in [7, 11) is 5.59. The molecular weight excluding hydrogens is 498 g/mol. The number of ether oxygens (including phenoxy) is 1. The lowest BCUT2D eigenvalue weighted by Crippen LogP contribution is -2.37. The number of benzene rings is 1. The molecule has 1 N–H and O–H groups in total. The third-order valence-electron chi connectivity index (χ3n) is 7.87. The highest BCUT2D eigenvalue weighted by molar-refractivity contribution is 8.76. The molecular formula is C30H42N3O2S2+. The number of nitrogens with zero attached hydrogens (tertiary/aromatic N) is 2. The van der Waals surface area contributed by atoms with Crippen LogP contribution < -0.4 is 9.30 Å². The highest BCUT2D eigenvalue weighted by Gasteiger charge is 2.50. The zero-order valence-electron chi connectivity index (χ0n) is 23.5. The number of unbranched alkanes of at least 4 members (excludes halogenated alkanes) is 5. The van der Waals surface area contributed by atoms with Crippen LogP contribution in [0.3, 0.4) is 0 Å². The van der Waals surface area contributed by atoms with E-state index in [0.29, 0.717) is 0 Å². The van der Waals surface area contributed by atoms with E-state index in [0.717, 1.165) is 45.2 Å². The maximum absolute atomic E-state index is 13.1. The standard InChI is InChI=1S/C30H42N3O2S2/c1-8-9-10-11-12-13-16-36-37-19-25-20(2)26(35-7)14-15-33(25)28-31-23-17-21-22(18-24(23)32-28)30(5,6)27(34)29(21,3)4/h14-15,17-18H,8-13,16,19H2,1-7H3,(H,31,32)/q+1. The molecule has 7 heteroatoms. The summed E-state index contributed by atoms with van der Waals surface area (Å²) < 4.78 is 7.80. The van der Waals surface area contributed by atoms with Crippen LogP contribution in [0.4, 0.5) is 0 Å². The molecule has 2 aromatic heterocycles. The van der Waals surface area contributed by atoms with E-state index >= 15 is 0 Å². The molecule has 0 amide bonds. The van der Waals surface area contributed by atoms with Gasteiger partial charge in [0.25, 0.3) is 0 Å². The molecule has 3 aromatic rings. The van der Waals surface area contributed by atoms with Gasteiger partial charge >= 0.3 is 5.95 Å². The average Bonchev–Trinajstić information content (AvgIpc) is 3.34. The van der Waals surface area contributed by atoms with Crippen LogP contribution >= 0.6 is 21.6 Å². The second-order valence-electron chi connectivity index (χ2n) is 11.2. The third-order valence-corrected chi connectivity index (χ3v) is 10.2. The molecule has 0 bridgehead atoms. The van der Waals surface area contributed by atoms with Crippen LogP contribution in [0.5, 0.6) is 5.75 Å². The lowest BCUT2D eigenvalue weighted by Gasteiger charge is -2.21. The van der Waals surface area contributed by atoms with Gasteiger partial charge in [-0.15, -0.1) is 0 Å². The minimum absolute atomic E-state index is 0.265. The van der Waals surface area contributed by atoms with Crippen molar-refractivity contribution in [3.05, 3.63) is 46.8 Å². The van der Waals surface area contributed by atoms with Gasteiger partial charge in [0.05, 0.1) is 19.1 Å². The molecule has 0 aliphatic heterocycles. The van der Waals surface area contributed by atoms with Gasteiger partial charge in [0, 0.05) is 28.2 Å². The van der Waals surface area contributed by atoms with Gasteiger partial charge in [0.1, 0.15) is 17.0 Å². The van der Waals surface area contributed by atoms with E-state index in [9.17, 15) is 4.79 Å². The van der Waals surface area contributed by atoms with Crippen molar-refractivity contribution in [2.45, 2.75) is 96.7 Å². The summed E-state index contributed by atoms with van der Waals surface area (Å²) in [6.07, 6.45) is 10.0.